The van der Waals surface area contributed by atoms with E-state index in [4.69, 9.17) is 23.2 Å². The number of aldehydes is 1. The van der Waals surface area contributed by atoms with E-state index in [9.17, 15) is 4.79 Å². The summed E-state index contributed by atoms with van der Waals surface area (Å²) in [5.74, 6) is 0. The number of rotatable bonds is 3. The molecule has 82 valence electrons. The summed E-state index contributed by atoms with van der Waals surface area (Å²) in [5, 5.41) is 1.18. The molecule has 1 aromatic carbocycles. The van der Waals surface area contributed by atoms with Crippen molar-refractivity contribution in [2.24, 2.45) is 0 Å². The van der Waals surface area contributed by atoms with Crippen molar-refractivity contribution in [1.82, 2.24) is 0 Å². The van der Waals surface area contributed by atoms with Gasteiger partial charge in [0.25, 0.3) is 0 Å². The Morgan fingerprint density at radius 2 is 2.00 bits per heavy atom. The van der Waals surface area contributed by atoms with E-state index in [2.05, 4.69) is 15.9 Å². The Kier molecular flexibility index (Phi) is 4.21. The topological polar surface area (TPSA) is 17.1 Å². The maximum absolute atomic E-state index is 10.8. The van der Waals surface area contributed by atoms with Gasteiger partial charge in [0, 0.05) is 15.5 Å². The molecule has 0 radical (unpaired) electrons. The standard InChI is InChI=1S/C11H11BrCl2O/c1-11(2,10(12)6-15)8-4-3-7(13)5-9(8)14/h3-6,10H,1-2H3. The molecule has 15 heavy (non-hydrogen) atoms. The van der Waals surface area contributed by atoms with Gasteiger partial charge >= 0.3 is 0 Å². The van der Waals surface area contributed by atoms with E-state index in [0.717, 1.165) is 11.8 Å². The minimum absolute atomic E-state index is 0.274. The monoisotopic (exact) mass is 308 g/mol. The molecule has 0 N–H and O–H groups in total. The zero-order chi connectivity index (χ0) is 11.6. The van der Waals surface area contributed by atoms with Gasteiger partial charge < -0.3 is 4.79 Å². The number of carbonyl (C=O) groups is 1. The molecular weight excluding hydrogens is 299 g/mol. The molecule has 0 fully saturated rings. The van der Waals surface area contributed by atoms with Crippen LogP contribution in [0.1, 0.15) is 19.4 Å². The van der Waals surface area contributed by atoms with Gasteiger partial charge in [-0.3, -0.25) is 0 Å². The molecule has 0 spiro atoms. The summed E-state index contributed by atoms with van der Waals surface area (Å²) in [6, 6.07) is 5.31. The first-order valence-corrected chi connectivity index (χ1v) is 6.11. The van der Waals surface area contributed by atoms with Crippen molar-refractivity contribution in [2.45, 2.75) is 24.1 Å². The summed E-state index contributed by atoms with van der Waals surface area (Å²) >= 11 is 15.2. The molecule has 0 aliphatic heterocycles. The van der Waals surface area contributed by atoms with Crippen molar-refractivity contribution in [3.63, 3.8) is 0 Å². The maximum Gasteiger partial charge on any atom is 0.134 e. The minimum Gasteiger partial charge on any atom is -0.302 e. The van der Waals surface area contributed by atoms with Crippen molar-refractivity contribution < 1.29 is 4.79 Å². The van der Waals surface area contributed by atoms with E-state index < -0.39 is 0 Å². The first-order chi connectivity index (χ1) is 6.89. The van der Waals surface area contributed by atoms with Gasteiger partial charge in [-0.15, -0.1) is 0 Å². The Hall–Kier alpha value is -0.0500. The van der Waals surface area contributed by atoms with Crippen LogP contribution < -0.4 is 0 Å². The summed E-state index contributed by atoms with van der Waals surface area (Å²) in [6.45, 7) is 3.91. The highest BCUT2D eigenvalue weighted by Gasteiger charge is 2.30. The summed E-state index contributed by atoms with van der Waals surface area (Å²) in [5.41, 5.74) is 0.547. The third kappa shape index (κ3) is 2.74. The van der Waals surface area contributed by atoms with Crippen molar-refractivity contribution in [3.05, 3.63) is 33.8 Å². The average molecular weight is 310 g/mol. The predicted octanol–water partition coefficient (Wildman–Crippen LogP) is 4.23. The summed E-state index contributed by atoms with van der Waals surface area (Å²) < 4.78 is 0. The molecule has 1 unspecified atom stereocenters. The highest BCUT2D eigenvalue weighted by molar-refractivity contribution is 9.10. The van der Waals surface area contributed by atoms with E-state index in [1.165, 1.54) is 0 Å². The molecule has 0 aliphatic rings. The van der Waals surface area contributed by atoms with Crippen molar-refractivity contribution >= 4 is 45.4 Å². The molecule has 1 nitrogen and oxygen atoms in total. The predicted molar refractivity (Wildman–Crippen MR) is 68.3 cm³/mol. The highest BCUT2D eigenvalue weighted by Crippen LogP contribution is 2.36. The van der Waals surface area contributed by atoms with E-state index in [-0.39, 0.29) is 10.2 Å². The second-order valence-electron chi connectivity index (χ2n) is 3.88. The third-order valence-electron chi connectivity index (χ3n) is 2.43. The SMILES string of the molecule is CC(C)(c1ccc(Cl)cc1Cl)C(Br)C=O. The summed E-state index contributed by atoms with van der Waals surface area (Å²) in [7, 11) is 0. The average Bonchev–Trinajstić information content (AvgIpc) is 2.15. The summed E-state index contributed by atoms with van der Waals surface area (Å²) in [4.78, 5) is 10.5. The zero-order valence-corrected chi connectivity index (χ0v) is 11.5. The Morgan fingerprint density at radius 1 is 1.40 bits per heavy atom. The fraction of sp³-hybridized carbons (Fsp3) is 0.364. The van der Waals surface area contributed by atoms with Crippen LogP contribution in [0.3, 0.4) is 0 Å². The number of benzene rings is 1. The molecule has 0 bridgehead atoms. The lowest BCUT2D eigenvalue weighted by Crippen LogP contribution is -2.30. The largest absolute Gasteiger partial charge is 0.302 e. The van der Waals surface area contributed by atoms with E-state index >= 15 is 0 Å². The fourth-order valence-corrected chi connectivity index (χ4v) is 2.23. The number of alkyl halides is 1. The van der Waals surface area contributed by atoms with Crippen LogP contribution in [-0.2, 0) is 10.2 Å². The Bertz CT molecular complexity index is 377. The molecule has 4 heteroatoms. The molecule has 1 aromatic rings. The molecule has 0 aliphatic carbocycles. The summed E-state index contributed by atoms with van der Waals surface area (Å²) in [6.07, 6.45) is 0.866. The Morgan fingerprint density at radius 3 is 2.47 bits per heavy atom. The number of halogens is 3. The van der Waals surface area contributed by atoms with Crippen LogP contribution in [0.4, 0.5) is 0 Å². The van der Waals surface area contributed by atoms with Crippen LogP contribution in [0.25, 0.3) is 0 Å². The van der Waals surface area contributed by atoms with Gasteiger partial charge in [-0.2, -0.15) is 0 Å². The minimum atomic E-state index is -0.358. The van der Waals surface area contributed by atoms with Crippen molar-refractivity contribution in [3.8, 4) is 0 Å². The van der Waals surface area contributed by atoms with E-state index in [1.807, 2.05) is 19.9 Å². The molecule has 0 aromatic heterocycles. The van der Waals surface area contributed by atoms with Gasteiger partial charge in [0.15, 0.2) is 0 Å². The molecule has 0 saturated heterocycles. The van der Waals surface area contributed by atoms with Gasteiger partial charge in [-0.1, -0.05) is 59.0 Å². The molecule has 1 rings (SSSR count). The number of hydrogen-bond acceptors (Lipinski definition) is 1. The van der Waals surface area contributed by atoms with Crippen molar-refractivity contribution in [1.29, 1.82) is 0 Å². The van der Waals surface area contributed by atoms with Crippen LogP contribution in [0.5, 0.6) is 0 Å². The zero-order valence-electron chi connectivity index (χ0n) is 8.43. The van der Waals surface area contributed by atoms with Crippen LogP contribution >= 0.6 is 39.1 Å². The van der Waals surface area contributed by atoms with E-state index in [0.29, 0.717) is 10.0 Å². The lowest BCUT2D eigenvalue weighted by Gasteiger charge is -2.28. The fourth-order valence-electron chi connectivity index (χ4n) is 1.33. The van der Waals surface area contributed by atoms with Crippen LogP contribution in [0.2, 0.25) is 10.0 Å². The van der Waals surface area contributed by atoms with Gasteiger partial charge in [0.2, 0.25) is 0 Å². The van der Waals surface area contributed by atoms with Gasteiger partial charge in [-0.25, -0.2) is 0 Å². The van der Waals surface area contributed by atoms with Gasteiger partial charge in [0.05, 0.1) is 4.83 Å². The molecule has 0 heterocycles. The van der Waals surface area contributed by atoms with Crippen LogP contribution in [0, 0.1) is 0 Å². The quantitative estimate of drug-likeness (QED) is 0.603. The third-order valence-corrected chi connectivity index (χ3v) is 4.34. The first kappa shape index (κ1) is 13.0. The lowest BCUT2D eigenvalue weighted by atomic mass is 9.82. The Labute approximate surface area is 108 Å². The highest BCUT2D eigenvalue weighted by atomic mass is 79.9. The normalized spacial score (nSPS) is 13.7. The van der Waals surface area contributed by atoms with Gasteiger partial charge in [0.1, 0.15) is 6.29 Å². The van der Waals surface area contributed by atoms with Crippen LogP contribution in [0.15, 0.2) is 18.2 Å². The first-order valence-electron chi connectivity index (χ1n) is 4.44. The van der Waals surface area contributed by atoms with Crippen molar-refractivity contribution in [2.75, 3.05) is 0 Å². The second-order valence-corrected chi connectivity index (χ2v) is 5.71. The second kappa shape index (κ2) is 4.86. The molecule has 1 atom stereocenters. The number of carbonyl (C=O) groups excluding carboxylic acids is 1. The molecule has 0 saturated carbocycles. The number of hydrogen-bond donors (Lipinski definition) is 0. The maximum atomic E-state index is 10.8. The Balaban J connectivity index is 3.20. The smallest absolute Gasteiger partial charge is 0.134 e. The van der Waals surface area contributed by atoms with Crippen LogP contribution in [-0.4, -0.2) is 11.1 Å². The van der Waals surface area contributed by atoms with E-state index in [1.54, 1.807) is 12.1 Å². The lowest BCUT2D eigenvalue weighted by molar-refractivity contribution is -0.108. The molecule has 0 amide bonds. The van der Waals surface area contributed by atoms with Gasteiger partial charge in [-0.05, 0) is 17.7 Å². The molecular formula is C11H11BrCl2O.